The Morgan fingerprint density at radius 2 is 2.08 bits per heavy atom. The van der Waals surface area contributed by atoms with Gasteiger partial charge in [0.2, 0.25) is 15.9 Å². The summed E-state index contributed by atoms with van der Waals surface area (Å²) < 4.78 is 25.1. The highest BCUT2D eigenvalue weighted by Crippen LogP contribution is 2.26. The maximum atomic E-state index is 11.8. The van der Waals surface area contributed by atoms with Gasteiger partial charge in [0.25, 0.3) is 0 Å². The van der Waals surface area contributed by atoms with E-state index in [9.17, 15) is 13.2 Å². The summed E-state index contributed by atoms with van der Waals surface area (Å²) >= 11 is 1.35. The van der Waals surface area contributed by atoms with Gasteiger partial charge in [0, 0.05) is 20.6 Å². The molecule has 0 fully saturated rings. The summed E-state index contributed by atoms with van der Waals surface area (Å²) in [6.45, 7) is 2.86. The van der Waals surface area contributed by atoms with E-state index in [1.165, 1.54) is 28.8 Å². The number of nitrogens with zero attached hydrogens (tertiary/aromatic N) is 3. The van der Waals surface area contributed by atoms with Crippen LogP contribution in [0.15, 0.2) is 28.3 Å². The maximum absolute atomic E-state index is 11.8. The predicted molar refractivity (Wildman–Crippen MR) is 95.4 cm³/mol. The van der Waals surface area contributed by atoms with Crippen LogP contribution in [0, 0.1) is 0 Å². The second-order valence-electron chi connectivity index (χ2n) is 5.67. The zero-order valence-corrected chi connectivity index (χ0v) is 15.7. The van der Waals surface area contributed by atoms with Gasteiger partial charge in [0.05, 0.1) is 21.7 Å². The summed E-state index contributed by atoms with van der Waals surface area (Å²) in [5.74, 6) is 0.282. The second-order valence-corrected chi connectivity index (χ2v) is 8.18. The Labute approximate surface area is 146 Å². The van der Waals surface area contributed by atoms with Gasteiger partial charge in [-0.15, -0.1) is 0 Å². The number of sulfonamides is 1. The fraction of sp³-hybridized carbons (Fsp3) is 0.467. The molecule has 1 aromatic carbocycles. The molecule has 132 valence electrons. The number of hydrogen-bond donors (Lipinski definition) is 1. The van der Waals surface area contributed by atoms with Crippen LogP contribution < -0.4 is 5.14 Å². The molecule has 0 aliphatic heterocycles. The number of aryl methyl sites for hydroxylation is 1. The van der Waals surface area contributed by atoms with Crippen LogP contribution in [0.3, 0.4) is 0 Å². The summed E-state index contributed by atoms with van der Waals surface area (Å²) in [7, 11) is -0.349. The van der Waals surface area contributed by atoms with E-state index in [4.69, 9.17) is 5.14 Å². The molecule has 1 heterocycles. The third-order valence-electron chi connectivity index (χ3n) is 3.57. The van der Waals surface area contributed by atoms with Crippen molar-refractivity contribution in [1.29, 1.82) is 0 Å². The molecule has 1 amide bonds. The lowest BCUT2D eigenvalue weighted by Crippen LogP contribution is -2.23. The Hall–Kier alpha value is -1.58. The lowest BCUT2D eigenvalue weighted by molar-refractivity contribution is -0.125. The fourth-order valence-electron chi connectivity index (χ4n) is 2.16. The Morgan fingerprint density at radius 1 is 1.38 bits per heavy atom. The number of primary sulfonamides is 1. The number of benzene rings is 1. The first-order chi connectivity index (χ1) is 11.2. The first-order valence-electron chi connectivity index (χ1n) is 7.60. The normalized spacial score (nSPS) is 11.8. The van der Waals surface area contributed by atoms with Gasteiger partial charge in [-0.2, -0.15) is 0 Å². The topological polar surface area (TPSA) is 98.3 Å². The first-order valence-corrected chi connectivity index (χ1v) is 10.1. The second kappa shape index (κ2) is 7.54. The molecule has 0 spiro atoms. The first kappa shape index (κ1) is 18.8. The van der Waals surface area contributed by atoms with E-state index >= 15 is 0 Å². The van der Waals surface area contributed by atoms with Crippen molar-refractivity contribution in [3.8, 4) is 0 Å². The standard InChI is InChI=1S/C15H22N4O3S2/c1-4-5-8-19-13-7-6-11(24(16,21)22)9-12(13)17-15(19)23-10-14(20)18(2)3/h6-7,9H,4-5,8,10H2,1-3H3,(H2,16,21,22). The van der Waals surface area contributed by atoms with Crippen molar-refractivity contribution in [2.45, 2.75) is 36.4 Å². The van der Waals surface area contributed by atoms with Gasteiger partial charge in [-0.05, 0) is 24.6 Å². The van der Waals surface area contributed by atoms with Gasteiger partial charge in [-0.3, -0.25) is 4.79 Å². The van der Waals surface area contributed by atoms with Crippen LogP contribution >= 0.6 is 11.8 Å². The van der Waals surface area contributed by atoms with Crippen LogP contribution in [-0.4, -0.2) is 48.6 Å². The number of aromatic nitrogens is 2. The van der Waals surface area contributed by atoms with Crippen LogP contribution in [-0.2, 0) is 21.4 Å². The number of unbranched alkanes of at least 4 members (excludes halogenated alkanes) is 1. The third-order valence-corrected chi connectivity index (χ3v) is 5.44. The number of imidazole rings is 1. The van der Waals surface area contributed by atoms with E-state index < -0.39 is 10.0 Å². The minimum Gasteiger partial charge on any atom is -0.348 e. The molecule has 1 aromatic heterocycles. The summed E-state index contributed by atoms with van der Waals surface area (Å²) in [6, 6.07) is 4.68. The van der Waals surface area contributed by atoms with Crippen LogP contribution in [0.2, 0.25) is 0 Å². The van der Waals surface area contributed by atoms with Gasteiger partial charge in [-0.25, -0.2) is 18.5 Å². The van der Waals surface area contributed by atoms with E-state index in [1.807, 2.05) is 4.57 Å². The minimum atomic E-state index is -3.77. The molecule has 0 unspecified atom stereocenters. The number of hydrogen-bond acceptors (Lipinski definition) is 5. The van der Waals surface area contributed by atoms with Gasteiger partial charge in [0.15, 0.2) is 5.16 Å². The molecule has 7 nitrogen and oxygen atoms in total. The average molecular weight is 371 g/mol. The molecule has 0 saturated carbocycles. The highest BCUT2D eigenvalue weighted by atomic mass is 32.2. The number of fused-ring (bicyclic) bond motifs is 1. The molecule has 0 aliphatic rings. The van der Waals surface area contributed by atoms with E-state index in [1.54, 1.807) is 20.2 Å². The van der Waals surface area contributed by atoms with Crippen molar-refractivity contribution in [1.82, 2.24) is 14.5 Å². The molecular weight excluding hydrogens is 348 g/mol. The van der Waals surface area contributed by atoms with Crippen molar-refractivity contribution >= 4 is 38.7 Å². The van der Waals surface area contributed by atoms with Crippen LogP contribution in [0.5, 0.6) is 0 Å². The maximum Gasteiger partial charge on any atom is 0.238 e. The zero-order valence-electron chi connectivity index (χ0n) is 14.0. The zero-order chi connectivity index (χ0) is 17.9. The van der Waals surface area contributed by atoms with Gasteiger partial charge < -0.3 is 9.47 Å². The summed E-state index contributed by atoms with van der Waals surface area (Å²) in [6.07, 6.45) is 1.99. The van der Waals surface area contributed by atoms with E-state index in [-0.39, 0.29) is 16.6 Å². The molecule has 0 aliphatic carbocycles. The third kappa shape index (κ3) is 4.28. The molecule has 2 aromatic rings. The minimum absolute atomic E-state index is 0.000627. The lowest BCUT2D eigenvalue weighted by atomic mass is 10.3. The highest BCUT2D eigenvalue weighted by molar-refractivity contribution is 7.99. The summed E-state index contributed by atoms with van der Waals surface area (Å²) in [5, 5.41) is 5.90. The lowest BCUT2D eigenvalue weighted by Gasteiger charge is -2.11. The van der Waals surface area contributed by atoms with E-state index in [2.05, 4.69) is 11.9 Å². The molecule has 0 radical (unpaired) electrons. The molecule has 24 heavy (non-hydrogen) atoms. The number of carbonyl (C=O) groups excluding carboxylic acids is 1. The molecule has 9 heteroatoms. The molecule has 0 bridgehead atoms. The molecular formula is C15H22N4O3S2. The molecule has 2 rings (SSSR count). The summed E-state index contributed by atoms with van der Waals surface area (Å²) in [4.78, 5) is 17.9. The van der Waals surface area contributed by atoms with Crippen LogP contribution in [0.1, 0.15) is 19.8 Å². The summed E-state index contributed by atoms with van der Waals surface area (Å²) in [5.41, 5.74) is 1.41. The van der Waals surface area contributed by atoms with Crippen molar-refractivity contribution in [2.24, 2.45) is 5.14 Å². The smallest absolute Gasteiger partial charge is 0.238 e. The average Bonchev–Trinajstić information content (AvgIpc) is 2.86. The van der Waals surface area contributed by atoms with Crippen LogP contribution in [0.25, 0.3) is 11.0 Å². The van der Waals surface area contributed by atoms with E-state index in [0.717, 1.165) is 24.9 Å². The van der Waals surface area contributed by atoms with Gasteiger partial charge in [-0.1, -0.05) is 25.1 Å². The van der Waals surface area contributed by atoms with Gasteiger partial charge in [0.1, 0.15) is 0 Å². The quantitative estimate of drug-likeness (QED) is 0.748. The number of thioether (sulfide) groups is 1. The number of carbonyl (C=O) groups is 1. The molecule has 2 N–H and O–H groups in total. The van der Waals surface area contributed by atoms with Gasteiger partial charge >= 0.3 is 0 Å². The van der Waals surface area contributed by atoms with Crippen molar-refractivity contribution in [2.75, 3.05) is 19.8 Å². The Balaban J connectivity index is 2.42. The fourth-order valence-corrected chi connectivity index (χ4v) is 3.72. The van der Waals surface area contributed by atoms with E-state index in [0.29, 0.717) is 10.7 Å². The largest absolute Gasteiger partial charge is 0.348 e. The monoisotopic (exact) mass is 370 g/mol. The van der Waals surface area contributed by atoms with Crippen molar-refractivity contribution in [3.63, 3.8) is 0 Å². The molecule has 0 saturated heterocycles. The predicted octanol–water partition coefficient (Wildman–Crippen LogP) is 1.66. The SMILES string of the molecule is CCCCn1c(SCC(=O)N(C)C)nc2cc(S(N)(=O)=O)ccc21. The van der Waals surface area contributed by atoms with Crippen molar-refractivity contribution < 1.29 is 13.2 Å². The Morgan fingerprint density at radius 3 is 2.67 bits per heavy atom. The molecule has 0 atom stereocenters. The number of nitrogens with two attached hydrogens (primary N) is 1. The number of rotatable bonds is 7. The van der Waals surface area contributed by atoms with Crippen LogP contribution in [0.4, 0.5) is 0 Å². The Kier molecular flexibility index (Phi) is 5.89. The highest BCUT2D eigenvalue weighted by Gasteiger charge is 2.16. The number of amides is 1. The van der Waals surface area contributed by atoms with Crippen molar-refractivity contribution in [3.05, 3.63) is 18.2 Å². The Bertz CT molecular complexity index is 844.